The van der Waals surface area contributed by atoms with Crippen molar-refractivity contribution in [2.75, 3.05) is 0 Å². The first-order chi connectivity index (χ1) is 13.2. The molecule has 0 heterocycles. The zero-order valence-corrected chi connectivity index (χ0v) is 18.4. The number of hydrogen-bond donors (Lipinski definition) is 0. The summed E-state index contributed by atoms with van der Waals surface area (Å²) >= 11 is 0. The van der Waals surface area contributed by atoms with E-state index < -0.39 is 0 Å². The van der Waals surface area contributed by atoms with Gasteiger partial charge in [-0.15, -0.1) is 0 Å². The number of nitriles is 1. The van der Waals surface area contributed by atoms with Crippen LogP contribution < -0.4 is 0 Å². The zero-order chi connectivity index (χ0) is 19.1. The maximum absolute atomic E-state index is 9.75. The van der Waals surface area contributed by atoms with Crippen molar-refractivity contribution in [3.8, 4) is 6.07 Å². The molecule has 0 spiro atoms. The Balaban J connectivity index is 1.39. The third-order valence-electron chi connectivity index (χ3n) is 8.97. The highest BCUT2D eigenvalue weighted by atomic mass is 14.5. The summed E-state index contributed by atoms with van der Waals surface area (Å²) < 4.78 is 0. The van der Waals surface area contributed by atoms with Crippen LogP contribution in [0.25, 0.3) is 0 Å². The molecule has 1 nitrogen and oxygen atoms in total. The van der Waals surface area contributed by atoms with Crippen LogP contribution in [0.5, 0.6) is 0 Å². The van der Waals surface area contributed by atoms with Gasteiger partial charge in [0.2, 0.25) is 0 Å². The van der Waals surface area contributed by atoms with Crippen molar-refractivity contribution in [3.05, 3.63) is 0 Å². The number of unbranched alkanes of at least 4 members (excludes halogenated alkanes) is 1. The SMILES string of the molecule is CCCC[C@]1(C#N)CC[C@H](C2CCC([C@H]3CC[C@H](CCC)CC3)CC2)CC1. The van der Waals surface area contributed by atoms with Crippen LogP contribution >= 0.6 is 0 Å². The third-order valence-corrected chi connectivity index (χ3v) is 8.97. The van der Waals surface area contributed by atoms with E-state index in [1.165, 1.54) is 103 Å². The van der Waals surface area contributed by atoms with E-state index in [4.69, 9.17) is 0 Å². The average molecular weight is 372 g/mol. The van der Waals surface area contributed by atoms with Crippen molar-refractivity contribution in [1.29, 1.82) is 5.26 Å². The largest absolute Gasteiger partial charge is 0.198 e. The van der Waals surface area contributed by atoms with E-state index in [1.54, 1.807) is 0 Å². The van der Waals surface area contributed by atoms with Crippen LogP contribution in [0.15, 0.2) is 0 Å². The fourth-order valence-electron chi connectivity index (χ4n) is 7.04. The molecule has 27 heavy (non-hydrogen) atoms. The molecule has 0 radical (unpaired) electrons. The molecule has 0 amide bonds. The Morgan fingerprint density at radius 2 is 1.19 bits per heavy atom. The van der Waals surface area contributed by atoms with Gasteiger partial charge in [0.25, 0.3) is 0 Å². The van der Waals surface area contributed by atoms with Crippen molar-refractivity contribution in [1.82, 2.24) is 0 Å². The van der Waals surface area contributed by atoms with Crippen LogP contribution in [0.1, 0.15) is 123 Å². The van der Waals surface area contributed by atoms with Gasteiger partial charge in [-0.2, -0.15) is 5.26 Å². The highest BCUT2D eigenvalue weighted by Crippen LogP contribution is 2.49. The predicted molar refractivity (Wildman–Crippen MR) is 115 cm³/mol. The molecule has 0 aromatic carbocycles. The Morgan fingerprint density at radius 1 is 0.704 bits per heavy atom. The van der Waals surface area contributed by atoms with E-state index in [9.17, 15) is 5.26 Å². The van der Waals surface area contributed by atoms with Crippen molar-refractivity contribution in [2.24, 2.45) is 35.0 Å². The zero-order valence-electron chi connectivity index (χ0n) is 18.4. The van der Waals surface area contributed by atoms with Gasteiger partial charge in [0.1, 0.15) is 0 Å². The number of rotatable bonds is 7. The van der Waals surface area contributed by atoms with Crippen molar-refractivity contribution in [2.45, 2.75) is 123 Å². The topological polar surface area (TPSA) is 23.8 Å². The van der Waals surface area contributed by atoms with Gasteiger partial charge in [-0.1, -0.05) is 52.4 Å². The fraction of sp³-hybridized carbons (Fsp3) is 0.962. The van der Waals surface area contributed by atoms with Crippen molar-refractivity contribution in [3.63, 3.8) is 0 Å². The van der Waals surface area contributed by atoms with Gasteiger partial charge in [-0.05, 0) is 100 Å². The Hall–Kier alpha value is -0.510. The molecule has 0 atom stereocenters. The second-order valence-corrected chi connectivity index (χ2v) is 10.6. The standard InChI is InChI=1S/C26H45N/c1-3-5-17-26(20-27)18-15-25(16-19-26)24-13-11-23(12-14-24)22-9-7-21(6-4-2)8-10-22/h21-25H,3-19H2,1-2H3/t21-,22-,23?,24?,25-,26-. The maximum Gasteiger partial charge on any atom is 0.0689 e. The van der Waals surface area contributed by atoms with Gasteiger partial charge in [-0.25, -0.2) is 0 Å². The normalized spacial score (nSPS) is 40.4. The smallest absolute Gasteiger partial charge is 0.0689 e. The van der Waals surface area contributed by atoms with Crippen LogP contribution in [-0.4, -0.2) is 0 Å². The summed E-state index contributed by atoms with van der Waals surface area (Å²) in [7, 11) is 0. The summed E-state index contributed by atoms with van der Waals surface area (Å²) in [6, 6.07) is 2.74. The van der Waals surface area contributed by atoms with Gasteiger partial charge in [0, 0.05) is 0 Å². The molecule has 154 valence electrons. The molecule has 0 N–H and O–H groups in total. The molecular weight excluding hydrogens is 326 g/mol. The van der Waals surface area contributed by atoms with Crippen LogP contribution in [0.3, 0.4) is 0 Å². The molecular formula is C26H45N. The average Bonchev–Trinajstić information content (AvgIpc) is 2.74. The molecule has 3 aliphatic rings. The van der Waals surface area contributed by atoms with Gasteiger partial charge in [-0.3, -0.25) is 0 Å². The van der Waals surface area contributed by atoms with Crippen molar-refractivity contribution >= 4 is 0 Å². The lowest BCUT2D eigenvalue weighted by atomic mass is 9.62. The first-order valence-electron chi connectivity index (χ1n) is 12.6. The molecule has 0 aliphatic heterocycles. The minimum Gasteiger partial charge on any atom is -0.198 e. The van der Waals surface area contributed by atoms with Gasteiger partial charge < -0.3 is 0 Å². The molecule has 3 aliphatic carbocycles. The second kappa shape index (κ2) is 10.3. The molecule has 1 heteroatoms. The summed E-state index contributed by atoms with van der Waals surface area (Å²) in [4.78, 5) is 0. The summed E-state index contributed by atoms with van der Waals surface area (Å²) in [6.07, 6.45) is 23.7. The van der Waals surface area contributed by atoms with E-state index in [0.717, 1.165) is 36.0 Å². The van der Waals surface area contributed by atoms with Crippen LogP contribution in [0.4, 0.5) is 0 Å². The molecule has 3 saturated carbocycles. The van der Waals surface area contributed by atoms with E-state index in [2.05, 4.69) is 19.9 Å². The third kappa shape index (κ3) is 5.52. The first-order valence-corrected chi connectivity index (χ1v) is 12.6. The number of nitrogens with zero attached hydrogens (tertiary/aromatic N) is 1. The van der Waals surface area contributed by atoms with E-state index in [0.29, 0.717) is 0 Å². The van der Waals surface area contributed by atoms with E-state index in [-0.39, 0.29) is 5.41 Å². The Kier molecular flexibility index (Phi) is 8.10. The molecule has 0 saturated heterocycles. The quantitative estimate of drug-likeness (QED) is 0.441. The monoisotopic (exact) mass is 371 g/mol. The lowest BCUT2D eigenvalue weighted by molar-refractivity contribution is 0.0900. The molecule has 0 aromatic heterocycles. The lowest BCUT2D eigenvalue weighted by Gasteiger charge is -2.43. The molecule has 3 fully saturated rings. The summed E-state index contributed by atoms with van der Waals surface area (Å²) in [5, 5.41) is 9.75. The highest BCUT2D eigenvalue weighted by Gasteiger charge is 2.39. The fourth-order valence-corrected chi connectivity index (χ4v) is 7.04. The predicted octanol–water partition coefficient (Wildman–Crippen LogP) is 8.29. The van der Waals surface area contributed by atoms with Crippen LogP contribution in [-0.2, 0) is 0 Å². The minimum atomic E-state index is 0.0425. The minimum absolute atomic E-state index is 0.0425. The highest BCUT2D eigenvalue weighted by molar-refractivity contribution is 5.02. The molecule has 0 aromatic rings. The Bertz CT molecular complexity index is 451. The van der Waals surface area contributed by atoms with E-state index in [1.807, 2.05) is 0 Å². The second-order valence-electron chi connectivity index (χ2n) is 10.6. The first kappa shape index (κ1) is 21.2. The summed E-state index contributed by atoms with van der Waals surface area (Å²) in [5.41, 5.74) is 0.0425. The van der Waals surface area contributed by atoms with E-state index >= 15 is 0 Å². The Morgan fingerprint density at radius 3 is 1.63 bits per heavy atom. The van der Waals surface area contributed by atoms with Gasteiger partial charge in [0.05, 0.1) is 11.5 Å². The van der Waals surface area contributed by atoms with Crippen LogP contribution in [0, 0.1) is 46.3 Å². The van der Waals surface area contributed by atoms with Gasteiger partial charge in [0.15, 0.2) is 0 Å². The van der Waals surface area contributed by atoms with Crippen molar-refractivity contribution < 1.29 is 0 Å². The summed E-state index contributed by atoms with van der Waals surface area (Å²) in [6.45, 7) is 4.61. The molecule has 0 bridgehead atoms. The number of hydrogen-bond acceptors (Lipinski definition) is 1. The lowest BCUT2D eigenvalue weighted by Crippen LogP contribution is -2.32. The Labute approximate surface area is 169 Å². The van der Waals surface area contributed by atoms with Gasteiger partial charge >= 0.3 is 0 Å². The molecule has 3 rings (SSSR count). The van der Waals surface area contributed by atoms with Crippen LogP contribution in [0.2, 0.25) is 0 Å². The maximum atomic E-state index is 9.75. The summed E-state index contributed by atoms with van der Waals surface area (Å²) in [5.74, 6) is 5.09. The molecule has 0 unspecified atom stereocenters.